The number of hydrogen-bond acceptors (Lipinski definition) is 3. The fraction of sp³-hybridized carbons (Fsp3) is 1.00. The molecule has 4 heteroatoms. The molecule has 0 atom stereocenters. The van der Waals surface area contributed by atoms with Gasteiger partial charge in [-0.1, -0.05) is 32.5 Å². The molecule has 0 bridgehead atoms. The monoisotopic (exact) mass is 133 g/mol. The zero-order valence-corrected chi connectivity index (χ0v) is 5.75. The van der Waals surface area contributed by atoms with E-state index in [0.717, 1.165) is 12.8 Å². The first-order valence-corrected chi connectivity index (χ1v) is 3.39. The van der Waals surface area contributed by atoms with E-state index in [4.69, 9.17) is 15.1 Å². The van der Waals surface area contributed by atoms with Crippen molar-refractivity contribution in [2.75, 3.05) is 0 Å². The molecule has 0 aliphatic carbocycles. The van der Waals surface area contributed by atoms with Gasteiger partial charge in [0.15, 0.2) is 0 Å². The first-order valence-electron chi connectivity index (χ1n) is 3.39. The van der Waals surface area contributed by atoms with Crippen LogP contribution in [0.1, 0.15) is 26.2 Å². The molecule has 0 rings (SSSR count). The minimum absolute atomic E-state index is 0.105. The zero-order valence-electron chi connectivity index (χ0n) is 5.75. The maximum Gasteiger partial charge on any atom is 0.371 e. The van der Waals surface area contributed by atoms with Gasteiger partial charge in [0.25, 0.3) is 0 Å². The third-order valence-electron chi connectivity index (χ3n) is 1.19. The van der Waals surface area contributed by atoms with Gasteiger partial charge in [-0.25, -0.2) is 0 Å². The summed E-state index contributed by atoms with van der Waals surface area (Å²) in [5, 5.41) is 25.3. The van der Waals surface area contributed by atoms with Gasteiger partial charge in [0, 0.05) is 0 Å². The molecule has 0 radical (unpaired) electrons. The zero-order chi connectivity index (χ0) is 7.33. The van der Waals surface area contributed by atoms with Crippen LogP contribution in [0.2, 0.25) is 6.32 Å². The first-order chi connectivity index (χ1) is 4.06. The van der Waals surface area contributed by atoms with Crippen LogP contribution in [0, 0.1) is 0 Å². The highest BCUT2D eigenvalue weighted by atomic mass is 16.5. The van der Waals surface area contributed by atoms with Crippen LogP contribution in [0.15, 0.2) is 0 Å². The molecule has 0 amide bonds. The van der Waals surface area contributed by atoms with Crippen LogP contribution in [0.3, 0.4) is 0 Å². The standard InChI is InChI=1S/C5H14BO3/c1-2-3-4-5-6(7,8)9/h7-9H,2-5H2,1H3/q-1. The highest BCUT2D eigenvalue weighted by molar-refractivity contribution is 6.56. The number of unbranched alkanes of at least 4 members (excludes halogenated alkanes) is 2. The van der Waals surface area contributed by atoms with E-state index < -0.39 is 6.75 Å². The summed E-state index contributed by atoms with van der Waals surface area (Å²) >= 11 is 0. The van der Waals surface area contributed by atoms with Crippen LogP contribution in [-0.2, 0) is 0 Å². The summed E-state index contributed by atoms with van der Waals surface area (Å²) in [5.74, 6) is 0. The fourth-order valence-electron chi connectivity index (χ4n) is 0.668. The molecule has 0 unspecified atom stereocenters. The predicted octanol–water partition coefficient (Wildman–Crippen LogP) is 0.0924. The van der Waals surface area contributed by atoms with Crippen molar-refractivity contribution in [3.05, 3.63) is 0 Å². The van der Waals surface area contributed by atoms with Gasteiger partial charge in [-0.2, -0.15) is 0 Å². The van der Waals surface area contributed by atoms with E-state index in [9.17, 15) is 0 Å². The summed E-state index contributed by atoms with van der Waals surface area (Å²) in [4.78, 5) is 0. The largest absolute Gasteiger partial charge is 0.560 e. The molecule has 0 heterocycles. The molecular weight excluding hydrogens is 119 g/mol. The van der Waals surface area contributed by atoms with Crippen molar-refractivity contribution in [1.29, 1.82) is 0 Å². The molecule has 0 saturated heterocycles. The van der Waals surface area contributed by atoms with Gasteiger partial charge >= 0.3 is 6.75 Å². The van der Waals surface area contributed by atoms with E-state index in [2.05, 4.69) is 0 Å². The van der Waals surface area contributed by atoms with Crippen LogP contribution in [-0.4, -0.2) is 21.8 Å². The summed E-state index contributed by atoms with van der Waals surface area (Å²) in [6, 6.07) is 0. The van der Waals surface area contributed by atoms with E-state index >= 15 is 0 Å². The molecule has 0 spiro atoms. The van der Waals surface area contributed by atoms with Crippen molar-refractivity contribution in [3.63, 3.8) is 0 Å². The second-order valence-corrected chi connectivity index (χ2v) is 2.39. The third-order valence-corrected chi connectivity index (χ3v) is 1.19. The highest BCUT2D eigenvalue weighted by Crippen LogP contribution is 2.05. The van der Waals surface area contributed by atoms with Crippen LogP contribution < -0.4 is 0 Å². The van der Waals surface area contributed by atoms with Gasteiger partial charge < -0.3 is 15.1 Å². The van der Waals surface area contributed by atoms with Crippen molar-refractivity contribution in [1.82, 2.24) is 0 Å². The van der Waals surface area contributed by atoms with Crippen LogP contribution in [0.5, 0.6) is 0 Å². The van der Waals surface area contributed by atoms with E-state index in [-0.39, 0.29) is 6.32 Å². The van der Waals surface area contributed by atoms with E-state index in [1.54, 1.807) is 0 Å². The van der Waals surface area contributed by atoms with Crippen molar-refractivity contribution < 1.29 is 15.1 Å². The Balaban J connectivity index is 3.07. The van der Waals surface area contributed by atoms with E-state index in [1.165, 1.54) is 0 Å². The molecule has 0 saturated carbocycles. The summed E-state index contributed by atoms with van der Waals surface area (Å²) in [7, 11) is 0. The molecular formula is C5H14BO3-. The van der Waals surface area contributed by atoms with Crippen LogP contribution in [0.4, 0.5) is 0 Å². The third kappa shape index (κ3) is 7.94. The topological polar surface area (TPSA) is 60.7 Å². The first kappa shape index (κ1) is 8.94. The average Bonchev–Trinajstić information content (AvgIpc) is 1.63. The Kier molecular flexibility index (Phi) is 3.85. The summed E-state index contributed by atoms with van der Waals surface area (Å²) in [6.45, 7) is -0.995. The second-order valence-electron chi connectivity index (χ2n) is 2.39. The maximum absolute atomic E-state index is 8.42. The normalized spacial score (nSPS) is 12.0. The Hall–Kier alpha value is -0.0551. The quantitative estimate of drug-likeness (QED) is 0.376. The van der Waals surface area contributed by atoms with Crippen molar-refractivity contribution >= 4 is 6.75 Å². The molecule has 0 aromatic carbocycles. The lowest BCUT2D eigenvalue weighted by molar-refractivity contribution is 0.226. The SMILES string of the molecule is CCCCC[B-](O)(O)O. The summed E-state index contributed by atoms with van der Waals surface area (Å²) < 4.78 is 0. The molecule has 0 aliphatic heterocycles. The van der Waals surface area contributed by atoms with Crippen LogP contribution in [0.25, 0.3) is 0 Å². The smallest absolute Gasteiger partial charge is 0.371 e. The molecule has 0 aromatic heterocycles. The highest BCUT2D eigenvalue weighted by Gasteiger charge is 2.12. The Morgan fingerprint density at radius 1 is 1.11 bits per heavy atom. The molecule has 0 aliphatic rings. The van der Waals surface area contributed by atoms with E-state index in [0.29, 0.717) is 6.42 Å². The molecule has 3 N–H and O–H groups in total. The molecule has 0 aromatic rings. The van der Waals surface area contributed by atoms with Crippen molar-refractivity contribution in [2.24, 2.45) is 0 Å². The van der Waals surface area contributed by atoms with E-state index in [1.807, 2.05) is 6.92 Å². The van der Waals surface area contributed by atoms with Gasteiger partial charge in [0.2, 0.25) is 0 Å². The van der Waals surface area contributed by atoms with Crippen molar-refractivity contribution in [3.8, 4) is 0 Å². The lowest BCUT2D eigenvalue weighted by atomic mass is 9.74. The molecule has 56 valence electrons. The Bertz CT molecular complexity index is 69.1. The lowest BCUT2D eigenvalue weighted by Gasteiger charge is -2.18. The fourth-order valence-corrected chi connectivity index (χ4v) is 0.668. The lowest BCUT2D eigenvalue weighted by Crippen LogP contribution is -2.33. The summed E-state index contributed by atoms with van der Waals surface area (Å²) in [5.41, 5.74) is 0. The van der Waals surface area contributed by atoms with Gasteiger partial charge in [0.05, 0.1) is 0 Å². The Morgan fingerprint density at radius 2 is 1.67 bits per heavy atom. The van der Waals surface area contributed by atoms with Gasteiger partial charge in [0.1, 0.15) is 0 Å². The number of rotatable bonds is 4. The second kappa shape index (κ2) is 3.87. The average molecular weight is 133 g/mol. The predicted molar refractivity (Wildman–Crippen MR) is 36.7 cm³/mol. The Morgan fingerprint density at radius 3 is 2.00 bits per heavy atom. The Labute approximate surface area is 55.3 Å². The minimum atomic E-state index is -3.01. The van der Waals surface area contributed by atoms with Crippen LogP contribution >= 0.6 is 0 Å². The van der Waals surface area contributed by atoms with Gasteiger partial charge in [-0.15, -0.1) is 0 Å². The van der Waals surface area contributed by atoms with Gasteiger partial charge in [-0.3, -0.25) is 0 Å². The summed E-state index contributed by atoms with van der Waals surface area (Å²) in [6.07, 6.45) is 2.74. The maximum atomic E-state index is 8.42. The van der Waals surface area contributed by atoms with Gasteiger partial charge in [-0.05, 0) is 0 Å². The number of hydrogen-bond donors (Lipinski definition) is 3. The minimum Gasteiger partial charge on any atom is -0.560 e. The molecule has 0 fully saturated rings. The van der Waals surface area contributed by atoms with Crippen molar-refractivity contribution in [2.45, 2.75) is 32.5 Å². The molecule has 9 heavy (non-hydrogen) atoms. The molecule has 3 nitrogen and oxygen atoms in total.